The number of amides is 1. The second kappa shape index (κ2) is 9.05. The third kappa shape index (κ3) is 4.55. The van der Waals surface area contributed by atoms with Crippen LogP contribution in [0.4, 0.5) is 0 Å². The van der Waals surface area contributed by atoms with E-state index < -0.39 is 0 Å². The molecular weight excluding hydrogens is 378 g/mol. The van der Waals surface area contributed by atoms with Crippen LogP contribution in [0, 0.1) is 0 Å². The third-order valence-electron chi connectivity index (χ3n) is 4.61. The van der Waals surface area contributed by atoms with Crippen LogP contribution in [0.5, 0.6) is 5.75 Å². The number of hydrogen-bond acceptors (Lipinski definition) is 5. The number of aromatic nitrogens is 2. The lowest BCUT2D eigenvalue weighted by atomic mass is 10.1. The average Bonchev–Trinajstić information content (AvgIpc) is 3.29. The molecule has 4 rings (SSSR count). The highest BCUT2D eigenvalue weighted by atomic mass is 16.5. The summed E-state index contributed by atoms with van der Waals surface area (Å²) in [7, 11) is 0. The molecule has 0 fully saturated rings. The summed E-state index contributed by atoms with van der Waals surface area (Å²) in [4.78, 5) is 16.8. The Balaban J connectivity index is 1.44. The molecule has 0 bridgehead atoms. The Kier molecular flexibility index (Phi) is 5.85. The molecule has 1 amide bonds. The summed E-state index contributed by atoms with van der Waals surface area (Å²) < 4.78 is 11.2. The van der Waals surface area contributed by atoms with E-state index in [0.29, 0.717) is 23.0 Å². The van der Waals surface area contributed by atoms with Crippen molar-refractivity contribution in [1.82, 2.24) is 15.5 Å². The first kappa shape index (κ1) is 19.4. The minimum absolute atomic E-state index is 0.109. The van der Waals surface area contributed by atoms with E-state index in [1.807, 2.05) is 85.8 Å². The summed E-state index contributed by atoms with van der Waals surface area (Å²) in [6.07, 6.45) is 0. The second-order valence-corrected chi connectivity index (χ2v) is 6.77. The van der Waals surface area contributed by atoms with Crippen molar-refractivity contribution in [2.75, 3.05) is 6.61 Å². The van der Waals surface area contributed by atoms with Gasteiger partial charge >= 0.3 is 0 Å². The molecule has 30 heavy (non-hydrogen) atoms. The van der Waals surface area contributed by atoms with Gasteiger partial charge in [-0.05, 0) is 24.6 Å². The summed E-state index contributed by atoms with van der Waals surface area (Å²) >= 11 is 0. The number of nitrogens with zero attached hydrogens (tertiary/aromatic N) is 2. The quantitative estimate of drug-likeness (QED) is 0.489. The van der Waals surface area contributed by atoms with E-state index in [1.54, 1.807) is 6.07 Å². The van der Waals surface area contributed by atoms with Crippen LogP contribution in [-0.4, -0.2) is 22.7 Å². The zero-order valence-corrected chi connectivity index (χ0v) is 16.5. The Morgan fingerprint density at radius 2 is 1.63 bits per heavy atom. The van der Waals surface area contributed by atoms with Crippen LogP contribution >= 0.6 is 0 Å². The van der Waals surface area contributed by atoms with Crippen molar-refractivity contribution in [3.05, 3.63) is 90.5 Å². The number of rotatable bonds is 7. The monoisotopic (exact) mass is 399 g/mol. The van der Waals surface area contributed by atoms with E-state index in [-0.39, 0.29) is 18.6 Å². The lowest BCUT2D eigenvalue weighted by molar-refractivity contribution is -0.123. The van der Waals surface area contributed by atoms with Crippen LogP contribution in [0.1, 0.15) is 18.5 Å². The number of nitrogens with one attached hydrogen (secondary N) is 1. The summed E-state index contributed by atoms with van der Waals surface area (Å²) in [5.74, 6) is 1.12. The van der Waals surface area contributed by atoms with Gasteiger partial charge in [0.25, 0.3) is 11.8 Å². The summed E-state index contributed by atoms with van der Waals surface area (Å²) in [6, 6.07) is 26.5. The molecule has 0 saturated heterocycles. The minimum Gasteiger partial charge on any atom is -0.483 e. The van der Waals surface area contributed by atoms with E-state index in [0.717, 1.165) is 11.1 Å². The Labute approximate surface area is 174 Å². The molecule has 1 atom stereocenters. The largest absolute Gasteiger partial charge is 0.483 e. The molecule has 6 nitrogen and oxygen atoms in total. The molecule has 3 aromatic carbocycles. The zero-order valence-electron chi connectivity index (χ0n) is 16.5. The molecular formula is C24H21N3O3. The molecule has 150 valence electrons. The zero-order chi connectivity index (χ0) is 20.8. The molecule has 0 radical (unpaired) electrons. The second-order valence-electron chi connectivity index (χ2n) is 6.77. The summed E-state index contributed by atoms with van der Waals surface area (Å²) in [5, 5.41) is 6.99. The van der Waals surface area contributed by atoms with E-state index >= 15 is 0 Å². The first-order chi connectivity index (χ1) is 14.7. The fourth-order valence-electron chi connectivity index (χ4n) is 3.06. The van der Waals surface area contributed by atoms with E-state index in [9.17, 15) is 4.79 Å². The van der Waals surface area contributed by atoms with Crippen molar-refractivity contribution in [3.8, 4) is 28.6 Å². The number of hydrogen-bond donors (Lipinski definition) is 1. The first-order valence-electron chi connectivity index (χ1n) is 9.66. The smallest absolute Gasteiger partial charge is 0.262 e. The molecule has 1 heterocycles. The fourth-order valence-corrected chi connectivity index (χ4v) is 3.06. The number of para-hydroxylation sites is 1. The Morgan fingerprint density at radius 1 is 0.967 bits per heavy atom. The molecule has 0 aliphatic carbocycles. The van der Waals surface area contributed by atoms with Crippen LogP contribution in [-0.2, 0) is 4.79 Å². The van der Waals surface area contributed by atoms with Gasteiger partial charge in [-0.3, -0.25) is 4.79 Å². The highest BCUT2D eigenvalue weighted by Crippen LogP contribution is 2.30. The van der Waals surface area contributed by atoms with Crippen LogP contribution < -0.4 is 10.1 Å². The molecule has 1 aromatic heterocycles. The fraction of sp³-hybridized carbons (Fsp3) is 0.125. The Bertz CT molecular complexity index is 1110. The predicted octanol–water partition coefficient (Wildman–Crippen LogP) is 4.66. The maximum atomic E-state index is 12.3. The Hall–Kier alpha value is -3.93. The summed E-state index contributed by atoms with van der Waals surface area (Å²) in [6.45, 7) is 1.82. The number of carbonyl (C=O) groups is 1. The van der Waals surface area contributed by atoms with E-state index in [1.165, 1.54) is 0 Å². The van der Waals surface area contributed by atoms with Gasteiger partial charge < -0.3 is 14.6 Å². The van der Waals surface area contributed by atoms with Crippen molar-refractivity contribution >= 4 is 5.91 Å². The van der Waals surface area contributed by atoms with Crippen molar-refractivity contribution in [3.63, 3.8) is 0 Å². The highest BCUT2D eigenvalue weighted by molar-refractivity contribution is 5.78. The Morgan fingerprint density at radius 3 is 2.40 bits per heavy atom. The van der Waals surface area contributed by atoms with E-state index in [2.05, 4.69) is 15.5 Å². The topological polar surface area (TPSA) is 77.2 Å². The number of ether oxygens (including phenoxy) is 1. The molecule has 4 aromatic rings. The van der Waals surface area contributed by atoms with Gasteiger partial charge in [-0.1, -0.05) is 78.0 Å². The standard InChI is InChI=1S/C24H21N3O3/c1-17(18-10-4-2-5-11-18)25-22(28)16-29-21-15-9-8-14-20(21)24-26-23(27-30-24)19-12-6-3-7-13-19/h2-15,17H,16H2,1H3,(H,25,28)/t17-/m1/s1. The van der Waals surface area contributed by atoms with Crippen molar-refractivity contribution in [1.29, 1.82) is 0 Å². The third-order valence-corrected chi connectivity index (χ3v) is 4.61. The van der Waals surface area contributed by atoms with Gasteiger partial charge in [-0.15, -0.1) is 0 Å². The molecule has 1 N–H and O–H groups in total. The molecule has 6 heteroatoms. The maximum absolute atomic E-state index is 12.3. The molecule has 0 saturated carbocycles. The average molecular weight is 399 g/mol. The molecule has 0 unspecified atom stereocenters. The molecule has 0 aliphatic heterocycles. The van der Waals surface area contributed by atoms with Crippen LogP contribution in [0.2, 0.25) is 0 Å². The highest BCUT2D eigenvalue weighted by Gasteiger charge is 2.16. The number of benzene rings is 3. The normalized spacial score (nSPS) is 11.6. The van der Waals surface area contributed by atoms with Crippen LogP contribution in [0.3, 0.4) is 0 Å². The van der Waals surface area contributed by atoms with Gasteiger partial charge in [0.15, 0.2) is 6.61 Å². The summed E-state index contributed by atoms with van der Waals surface area (Å²) in [5.41, 5.74) is 2.53. The van der Waals surface area contributed by atoms with Crippen molar-refractivity contribution < 1.29 is 14.1 Å². The molecule has 0 spiro atoms. The van der Waals surface area contributed by atoms with Gasteiger partial charge in [0.1, 0.15) is 5.75 Å². The van der Waals surface area contributed by atoms with Crippen molar-refractivity contribution in [2.24, 2.45) is 0 Å². The van der Waals surface area contributed by atoms with Crippen LogP contribution in [0.15, 0.2) is 89.5 Å². The van der Waals surface area contributed by atoms with Gasteiger partial charge in [-0.25, -0.2) is 0 Å². The van der Waals surface area contributed by atoms with Crippen LogP contribution in [0.25, 0.3) is 22.8 Å². The lowest BCUT2D eigenvalue weighted by Gasteiger charge is -2.15. The SMILES string of the molecule is C[C@@H](NC(=O)COc1ccccc1-c1nc(-c2ccccc2)no1)c1ccccc1. The van der Waals surface area contributed by atoms with E-state index in [4.69, 9.17) is 9.26 Å². The lowest BCUT2D eigenvalue weighted by Crippen LogP contribution is -2.31. The first-order valence-corrected chi connectivity index (χ1v) is 9.66. The van der Waals surface area contributed by atoms with Gasteiger partial charge in [0.05, 0.1) is 11.6 Å². The minimum atomic E-state index is -0.211. The predicted molar refractivity (Wildman–Crippen MR) is 114 cm³/mol. The van der Waals surface area contributed by atoms with Gasteiger partial charge in [-0.2, -0.15) is 4.98 Å². The number of carbonyl (C=O) groups excluding carboxylic acids is 1. The van der Waals surface area contributed by atoms with Gasteiger partial charge in [0.2, 0.25) is 5.82 Å². The maximum Gasteiger partial charge on any atom is 0.262 e. The van der Waals surface area contributed by atoms with Crippen molar-refractivity contribution in [2.45, 2.75) is 13.0 Å². The van der Waals surface area contributed by atoms with Gasteiger partial charge in [0, 0.05) is 5.56 Å². The molecule has 0 aliphatic rings.